The smallest absolute Gasteiger partial charge is 0.224 e. The van der Waals surface area contributed by atoms with Gasteiger partial charge >= 0.3 is 0 Å². The molecule has 0 saturated heterocycles. The number of anilines is 1. The van der Waals surface area contributed by atoms with Crippen molar-refractivity contribution in [3.8, 4) is 11.5 Å². The summed E-state index contributed by atoms with van der Waals surface area (Å²) >= 11 is 0. The number of carbonyl (C=O) groups excluding carboxylic acids is 1. The van der Waals surface area contributed by atoms with Gasteiger partial charge in [-0.05, 0) is 61.9 Å². The summed E-state index contributed by atoms with van der Waals surface area (Å²) in [5.41, 5.74) is 4.41. The molecule has 0 radical (unpaired) electrons. The van der Waals surface area contributed by atoms with Crippen LogP contribution in [-0.4, -0.2) is 19.1 Å². The summed E-state index contributed by atoms with van der Waals surface area (Å²) in [7, 11) is 0. The van der Waals surface area contributed by atoms with Crippen molar-refractivity contribution in [3.05, 3.63) is 53.1 Å². The number of para-hydroxylation sites is 1. The van der Waals surface area contributed by atoms with Crippen LogP contribution in [-0.2, 0) is 24.1 Å². The third-order valence-electron chi connectivity index (χ3n) is 4.51. The Bertz CT molecular complexity index is 733. The molecule has 0 fully saturated rings. The van der Waals surface area contributed by atoms with Crippen LogP contribution in [0.4, 0.5) is 5.69 Å². The van der Waals surface area contributed by atoms with Gasteiger partial charge in [0.05, 0.1) is 13.2 Å². The molecule has 4 nitrogen and oxygen atoms in total. The molecule has 27 heavy (non-hydrogen) atoms. The predicted molar refractivity (Wildman–Crippen MR) is 111 cm³/mol. The maximum absolute atomic E-state index is 12.5. The Labute approximate surface area is 162 Å². The molecule has 0 bridgehead atoms. The highest BCUT2D eigenvalue weighted by Crippen LogP contribution is 2.29. The third-order valence-corrected chi connectivity index (χ3v) is 4.51. The van der Waals surface area contributed by atoms with Crippen LogP contribution in [0.5, 0.6) is 11.5 Å². The van der Waals surface area contributed by atoms with Crippen molar-refractivity contribution in [3.63, 3.8) is 0 Å². The number of carbonyl (C=O) groups is 1. The van der Waals surface area contributed by atoms with Gasteiger partial charge in [-0.1, -0.05) is 38.1 Å². The van der Waals surface area contributed by atoms with Gasteiger partial charge in [0.2, 0.25) is 5.91 Å². The Morgan fingerprint density at radius 3 is 2.11 bits per heavy atom. The fourth-order valence-electron chi connectivity index (χ4n) is 3.11. The van der Waals surface area contributed by atoms with Gasteiger partial charge in [0, 0.05) is 12.1 Å². The SMILES string of the molecule is CCOc1ccc(CCC(=O)Nc2c(CC)cccc2CC)cc1OCC. The van der Waals surface area contributed by atoms with E-state index in [2.05, 4.69) is 37.4 Å². The fraction of sp³-hybridized carbons (Fsp3) is 0.435. The van der Waals surface area contributed by atoms with E-state index in [0.717, 1.165) is 35.6 Å². The number of hydrogen-bond donors (Lipinski definition) is 1. The zero-order chi connectivity index (χ0) is 19.6. The average Bonchev–Trinajstić information content (AvgIpc) is 2.68. The van der Waals surface area contributed by atoms with Gasteiger partial charge < -0.3 is 14.8 Å². The third kappa shape index (κ3) is 5.75. The van der Waals surface area contributed by atoms with Crippen molar-refractivity contribution in [2.24, 2.45) is 0 Å². The number of ether oxygens (including phenoxy) is 2. The van der Waals surface area contributed by atoms with Crippen LogP contribution in [0.25, 0.3) is 0 Å². The molecule has 2 rings (SSSR count). The zero-order valence-corrected chi connectivity index (χ0v) is 16.9. The lowest BCUT2D eigenvalue weighted by atomic mass is 10.0. The summed E-state index contributed by atoms with van der Waals surface area (Å²) in [6.45, 7) is 9.30. The van der Waals surface area contributed by atoms with Crippen molar-refractivity contribution in [2.75, 3.05) is 18.5 Å². The van der Waals surface area contributed by atoms with Gasteiger partial charge in [0.25, 0.3) is 0 Å². The quantitative estimate of drug-likeness (QED) is 0.628. The van der Waals surface area contributed by atoms with Gasteiger partial charge in [-0.2, -0.15) is 0 Å². The van der Waals surface area contributed by atoms with Crippen molar-refractivity contribution in [2.45, 2.75) is 53.4 Å². The molecule has 0 heterocycles. The Balaban J connectivity index is 2.05. The second kappa shape index (κ2) is 10.6. The lowest BCUT2D eigenvalue weighted by Crippen LogP contribution is -2.15. The van der Waals surface area contributed by atoms with E-state index in [1.165, 1.54) is 11.1 Å². The Morgan fingerprint density at radius 2 is 1.52 bits per heavy atom. The first-order valence-corrected chi connectivity index (χ1v) is 9.91. The second-order valence-corrected chi connectivity index (χ2v) is 6.35. The highest BCUT2D eigenvalue weighted by atomic mass is 16.5. The number of hydrogen-bond acceptors (Lipinski definition) is 3. The van der Waals surface area contributed by atoms with Crippen molar-refractivity contribution in [1.29, 1.82) is 0 Å². The summed E-state index contributed by atoms with van der Waals surface area (Å²) in [4.78, 5) is 12.5. The van der Waals surface area contributed by atoms with E-state index in [4.69, 9.17) is 9.47 Å². The van der Waals surface area contributed by atoms with Crippen LogP contribution in [0, 0.1) is 0 Å². The fourth-order valence-corrected chi connectivity index (χ4v) is 3.11. The number of amides is 1. The molecule has 0 aliphatic heterocycles. The van der Waals surface area contributed by atoms with Crippen molar-refractivity contribution >= 4 is 11.6 Å². The average molecular weight is 370 g/mol. The lowest BCUT2D eigenvalue weighted by Gasteiger charge is -2.15. The molecule has 2 aromatic rings. The molecule has 1 amide bonds. The number of benzene rings is 2. The first-order valence-electron chi connectivity index (χ1n) is 9.91. The van der Waals surface area contributed by atoms with Crippen LogP contribution >= 0.6 is 0 Å². The normalized spacial score (nSPS) is 10.5. The number of nitrogens with one attached hydrogen (secondary N) is 1. The van der Waals surface area contributed by atoms with E-state index >= 15 is 0 Å². The summed E-state index contributed by atoms with van der Waals surface area (Å²) in [6.07, 6.45) is 2.90. The van der Waals surface area contributed by atoms with Crippen LogP contribution in [0.15, 0.2) is 36.4 Å². The maximum atomic E-state index is 12.5. The highest BCUT2D eigenvalue weighted by molar-refractivity contribution is 5.92. The molecule has 2 aromatic carbocycles. The topological polar surface area (TPSA) is 47.6 Å². The molecule has 0 atom stereocenters. The van der Waals surface area contributed by atoms with E-state index < -0.39 is 0 Å². The molecule has 4 heteroatoms. The summed E-state index contributed by atoms with van der Waals surface area (Å²) in [5, 5.41) is 3.13. The second-order valence-electron chi connectivity index (χ2n) is 6.35. The summed E-state index contributed by atoms with van der Waals surface area (Å²) in [6, 6.07) is 12.1. The van der Waals surface area contributed by atoms with Crippen LogP contribution in [0.1, 0.15) is 50.8 Å². The summed E-state index contributed by atoms with van der Waals surface area (Å²) in [5.74, 6) is 1.52. The van der Waals surface area contributed by atoms with Gasteiger partial charge in [0.15, 0.2) is 11.5 Å². The van der Waals surface area contributed by atoms with Gasteiger partial charge in [-0.25, -0.2) is 0 Å². The number of rotatable bonds is 10. The van der Waals surface area contributed by atoms with E-state index in [1.54, 1.807) is 0 Å². The van der Waals surface area contributed by atoms with Crippen LogP contribution in [0.2, 0.25) is 0 Å². The molecule has 0 unspecified atom stereocenters. The monoisotopic (exact) mass is 369 g/mol. The van der Waals surface area contributed by atoms with E-state index in [-0.39, 0.29) is 5.91 Å². The first kappa shape index (κ1) is 20.8. The molecule has 0 aliphatic rings. The van der Waals surface area contributed by atoms with Crippen molar-refractivity contribution < 1.29 is 14.3 Å². The highest BCUT2D eigenvalue weighted by Gasteiger charge is 2.11. The molecular weight excluding hydrogens is 338 g/mol. The zero-order valence-electron chi connectivity index (χ0n) is 16.9. The first-order chi connectivity index (χ1) is 13.1. The number of aryl methyl sites for hydroxylation is 3. The van der Waals surface area contributed by atoms with Gasteiger partial charge in [-0.15, -0.1) is 0 Å². The minimum atomic E-state index is 0.0393. The summed E-state index contributed by atoms with van der Waals surface area (Å²) < 4.78 is 11.3. The van der Waals surface area contributed by atoms with Crippen LogP contribution < -0.4 is 14.8 Å². The molecule has 1 N–H and O–H groups in total. The van der Waals surface area contributed by atoms with E-state index in [9.17, 15) is 4.79 Å². The molecule has 0 saturated carbocycles. The van der Waals surface area contributed by atoms with Crippen molar-refractivity contribution in [1.82, 2.24) is 0 Å². The minimum absolute atomic E-state index is 0.0393. The standard InChI is InChI=1S/C23H31NO3/c1-5-18-10-9-11-19(6-2)23(18)24-22(25)15-13-17-12-14-20(26-7-3)21(16-17)27-8-4/h9-12,14,16H,5-8,13,15H2,1-4H3,(H,24,25). The largest absolute Gasteiger partial charge is 0.490 e. The molecule has 146 valence electrons. The molecule has 0 aliphatic carbocycles. The predicted octanol–water partition coefficient (Wildman–Crippen LogP) is 5.18. The minimum Gasteiger partial charge on any atom is -0.490 e. The Morgan fingerprint density at radius 1 is 0.889 bits per heavy atom. The molecule has 0 aromatic heterocycles. The molecular formula is C23H31NO3. The Kier molecular flexibility index (Phi) is 8.18. The van der Waals surface area contributed by atoms with E-state index in [0.29, 0.717) is 26.1 Å². The van der Waals surface area contributed by atoms with Gasteiger partial charge in [0.1, 0.15) is 0 Å². The Hall–Kier alpha value is -2.49. The van der Waals surface area contributed by atoms with Gasteiger partial charge in [-0.3, -0.25) is 4.79 Å². The molecule has 0 spiro atoms. The van der Waals surface area contributed by atoms with Crippen LogP contribution in [0.3, 0.4) is 0 Å². The lowest BCUT2D eigenvalue weighted by molar-refractivity contribution is -0.116. The maximum Gasteiger partial charge on any atom is 0.224 e. The van der Waals surface area contributed by atoms with E-state index in [1.807, 2.05) is 32.0 Å².